The molecule has 8 nitrogen and oxygen atoms in total. The fraction of sp³-hybridized carbons (Fsp3) is 0.353. The molecule has 0 atom stereocenters. The molecule has 220 valence electrons. The van der Waals surface area contributed by atoms with Crippen LogP contribution in [0.25, 0.3) is 33.6 Å². The number of nitrogens with one attached hydrogen (secondary N) is 2. The Labute approximate surface area is 247 Å². The Kier molecular flexibility index (Phi) is 8.94. The Bertz CT molecular complexity index is 1540. The second-order valence-electron chi connectivity index (χ2n) is 11.4. The van der Waals surface area contributed by atoms with Crippen LogP contribution < -0.4 is 10.6 Å². The number of piperidine rings is 1. The molecule has 0 aliphatic carbocycles. The summed E-state index contributed by atoms with van der Waals surface area (Å²) in [7, 11) is 2.16. The molecule has 1 fully saturated rings. The largest absolute Gasteiger partial charge is 0.507 e. The van der Waals surface area contributed by atoms with E-state index in [1.807, 2.05) is 55.5 Å². The van der Waals surface area contributed by atoms with Crippen LogP contribution in [0.3, 0.4) is 0 Å². The normalized spacial score (nSPS) is 14.4. The fourth-order valence-electron chi connectivity index (χ4n) is 5.46. The molecule has 1 saturated heterocycles. The molecule has 4 aromatic rings. The smallest absolute Gasteiger partial charge is 0.274 e. The monoisotopic (exact) mass is 568 g/mol. The summed E-state index contributed by atoms with van der Waals surface area (Å²) in [6.45, 7) is 9.46. The summed E-state index contributed by atoms with van der Waals surface area (Å²) in [5.74, 6) is -0.0173. The first-order valence-electron chi connectivity index (χ1n) is 14.7. The van der Waals surface area contributed by atoms with Crippen LogP contribution in [-0.4, -0.2) is 58.9 Å². The van der Waals surface area contributed by atoms with Crippen LogP contribution in [-0.2, 0) is 6.54 Å². The second-order valence-corrected chi connectivity index (χ2v) is 11.4. The van der Waals surface area contributed by atoms with E-state index in [0.717, 1.165) is 54.7 Å². The molecule has 0 radical (unpaired) electrons. The number of hydrogen-bond donors (Lipinski definition) is 4. The number of phenols is 2. The van der Waals surface area contributed by atoms with Crippen LogP contribution in [0.4, 0.5) is 0 Å². The molecular formula is C34H40N4O4. The molecule has 0 spiro atoms. The van der Waals surface area contributed by atoms with Gasteiger partial charge in [0.15, 0.2) is 11.5 Å². The summed E-state index contributed by atoms with van der Waals surface area (Å²) in [5.41, 5.74) is 5.32. The van der Waals surface area contributed by atoms with Gasteiger partial charge in [0, 0.05) is 30.8 Å². The highest BCUT2D eigenvalue weighted by Crippen LogP contribution is 2.44. The summed E-state index contributed by atoms with van der Waals surface area (Å²) in [4.78, 5) is 15.4. The highest BCUT2D eigenvalue weighted by molar-refractivity contribution is 6.03. The standard InChI is InChI=1S/C34H40N4O4/c1-5-35-34(41)32-31(23-11-9-22(10-12-23)20-36-26-13-15-38(4)16-14-26)33(42-37-32)28-18-27(29(39)19-30(28)40)25-8-6-7-24(17-25)21(2)3/h6-12,17-19,21,26,36,39-40H,5,13-16,20H2,1-4H3,(H,35,41). The van der Waals surface area contributed by atoms with E-state index in [9.17, 15) is 15.0 Å². The lowest BCUT2D eigenvalue weighted by molar-refractivity contribution is 0.0947. The van der Waals surface area contributed by atoms with Gasteiger partial charge in [-0.25, -0.2) is 0 Å². The van der Waals surface area contributed by atoms with E-state index < -0.39 is 0 Å². The maximum absolute atomic E-state index is 13.0. The lowest BCUT2D eigenvalue weighted by Gasteiger charge is -2.29. The molecule has 1 aromatic heterocycles. The average molecular weight is 569 g/mol. The van der Waals surface area contributed by atoms with Crippen molar-refractivity contribution in [2.75, 3.05) is 26.7 Å². The van der Waals surface area contributed by atoms with E-state index in [2.05, 4.69) is 41.6 Å². The van der Waals surface area contributed by atoms with Crippen molar-refractivity contribution in [2.45, 2.75) is 52.1 Å². The van der Waals surface area contributed by atoms with Gasteiger partial charge in [0.1, 0.15) is 11.5 Å². The number of likely N-dealkylation sites (tertiary alicyclic amines) is 1. The Morgan fingerprint density at radius 2 is 1.71 bits per heavy atom. The Morgan fingerprint density at radius 1 is 1.00 bits per heavy atom. The van der Waals surface area contributed by atoms with Gasteiger partial charge in [-0.1, -0.05) is 67.5 Å². The minimum atomic E-state index is -0.362. The molecule has 0 unspecified atom stereocenters. The number of carbonyl (C=O) groups is 1. The molecule has 1 amide bonds. The summed E-state index contributed by atoms with van der Waals surface area (Å²) in [6, 6.07) is 19.4. The maximum Gasteiger partial charge on any atom is 0.274 e. The van der Waals surface area contributed by atoms with Gasteiger partial charge >= 0.3 is 0 Å². The third kappa shape index (κ3) is 6.35. The second kappa shape index (κ2) is 12.8. The van der Waals surface area contributed by atoms with E-state index in [1.165, 1.54) is 6.07 Å². The zero-order chi connectivity index (χ0) is 29.8. The summed E-state index contributed by atoms with van der Waals surface area (Å²) in [5, 5.41) is 32.4. The zero-order valence-electron chi connectivity index (χ0n) is 24.8. The minimum absolute atomic E-state index is 0.0522. The molecule has 0 saturated carbocycles. The Hall–Kier alpha value is -4.14. The lowest BCUT2D eigenvalue weighted by Crippen LogP contribution is -2.40. The van der Waals surface area contributed by atoms with E-state index in [0.29, 0.717) is 35.2 Å². The van der Waals surface area contributed by atoms with Crippen LogP contribution in [0.2, 0.25) is 0 Å². The van der Waals surface area contributed by atoms with Crippen LogP contribution in [0.1, 0.15) is 61.1 Å². The third-order valence-corrected chi connectivity index (χ3v) is 8.02. The van der Waals surface area contributed by atoms with E-state index in [-0.39, 0.29) is 28.9 Å². The Morgan fingerprint density at radius 3 is 2.40 bits per heavy atom. The van der Waals surface area contributed by atoms with Crippen molar-refractivity contribution in [1.82, 2.24) is 20.7 Å². The number of phenolic OH excluding ortho intramolecular Hbond substituents is 2. The molecule has 42 heavy (non-hydrogen) atoms. The highest BCUT2D eigenvalue weighted by atomic mass is 16.5. The molecule has 5 rings (SSSR count). The fourth-order valence-corrected chi connectivity index (χ4v) is 5.46. The van der Waals surface area contributed by atoms with Crippen molar-refractivity contribution < 1.29 is 19.5 Å². The van der Waals surface area contributed by atoms with Crippen molar-refractivity contribution >= 4 is 5.91 Å². The number of nitrogens with zero attached hydrogens (tertiary/aromatic N) is 2. The minimum Gasteiger partial charge on any atom is -0.507 e. The van der Waals surface area contributed by atoms with Crippen molar-refractivity contribution in [3.05, 3.63) is 77.5 Å². The number of aromatic hydroxyl groups is 2. The molecule has 3 aromatic carbocycles. The molecule has 4 N–H and O–H groups in total. The van der Waals surface area contributed by atoms with Crippen LogP contribution in [0.15, 0.2) is 65.2 Å². The first kappa shape index (κ1) is 29.4. The Balaban J connectivity index is 1.51. The van der Waals surface area contributed by atoms with Gasteiger partial charge in [0.25, 0.3) is 5.91 Å². The number of hydrogen-bond acceptors (Lipinski definition) is 7. The quantitative estimate of drug-likeness (QED) is 0.192. The molecule has 0 bridgehead atoms. The molecule has 1 aliphatic heterocycles. The van der Waals surface area contributed by atoms with Crippen molar-refractivity contribution in [3.63, 3.8) is 0 Å². The predicted molar refractivity (Wildman–Crippen MR) is 166 cm³/mol. The average Bonchev–Trinajstić information content (AvgIpc) is 3.42. The summed E-state index contributed by atoms with van der Waals surface area (Å²) in [6.07, 6.45) is 2.27. The van der Waals surface area contributed by atoms with Gasteiger partial charge in [-0.3, -0.25) is 4.79 Å². The SMILES string of the molecule is CCNC(=O)c1noc(-c2cc(-c3cccc(C(C)C)c3)c(O)cc2O)c1-c1ccc(CNC2CCN(C)CC2)cc1. The van der Waals surface area contributed by atoms with Crippen LogP contribution >= 0.6 is 0 Å². The number of benzene rings is 3. The summed E-state index contributed by atoms with van der Waals surface area (Å²) >= 11 is 0. The van der Waals surface area contributed by atoms with Crippen molar-refractivity contribution in [3.8, 4) is 45.1 Å². The zero-order valence-corrected chi connectivity index (χ0v) is 24.8. The van der Waals surface area contributed by atoms with Crippen LogP contribution in [0, 0.1) is 0 Å². The van der Waals surface area contributed by atoms with Gasteiger partial charge in [-0.15, -0.1) is 0 Å². The topological polar surface area (TPSA) is 111 Å². The predicted octanol–water partition coefficient (Wildman–Crippen LogP) is 6.14. The van der Waals surface area contributed by atoms with Gasteiger partial charge in [-0.2, -0.15) is 0 Å². The van der Waals surface area contributed by atoms with E-state index in [1.54, 1.807) is 6.07 Å². The summed E-state index contributed by atoms with van der Waals surface area (Å²) < 4.78 is 5.77. The maximum atomic E-state index is 13.0. The van der Waals surface area contributed by atoms with Gasteiger partial charge in [-0.05, 0) is 74.1 Å². The lowest BCUT2D eigenvalue weighted by atomic mass is 9.93. The third-order valence-electron chi connectivity index (χ3n) is 8.02. The van der Waals surface area contributed by atoms with Crippen molar-refractivity contribution in [2.24, 2.45) is 0 Å². The van der Waals surface area contributed by atoms with E-state index in [4.69, 9.17) is 4.52 Å². The first-order valence-corrected chi connectivity index (χ1v) is 14.7. The number of rotatable bonds is 9. The first-order chi connectivity index (χ1) is 20.2. The number of amides is 1. The molecular weight excluding hydrogens is 528 g/mol. The van der Waals surface area contributed by atoms with Crippen molar-refractivity contribution in [1.29, 1.82) is 0 Å². The molecule has 8 heteroatoms. The van der Waals surface area contributed by atoms with E-state index >= 15 is 0 Å². The van der Waals surface area contributed by atoms with Gasteiger partial charge in [0.05, 0.1) is 11.1 Å². The number of carbonyl (C=O) groups excluding carboxylic acids is 1. The molecule has 1 aliphatic rings. The van der Waals surface area contributed by atoms with Gasteiger partial charge < -0.3 is 30.3 Å². The van der Waals surface area contributed by atoms with Gasteiger partial charge in [0.2, 0.25) is 0 Å². The molecule has 2 heterocycles. The highest BCUT2D eigenvalue weighted by Gasteiger charge is 2.27. The van der Waals surface area contributed by atoms with Crippen LogP contribution in [0.5, 0.6) is 11.5 Å². The number of aromatic nitrogens is 1.